The van der Waals surface area contributed by atoms with Crippen LogP contribution in [0.4, 0.5) is 10.5 Å². The molecule has 4 amide bonds. The maximum absolute atomic E-state index is 12.0. The molecule has 0 bridgehead atoms. The Kier molecular flexibility index (Phi) is 8.94. The molecule has 0 atom stereocenters. The predicted molar refractivity (Wildman–Crippen MR) is 111 cm³/mol. The summed E-state index contributed by atoms with van der Waals surface area (Å²) in [6.07, 6.45) is 0. The van der Waals surface area contributed by atoms with E-state index in [1.54, 1.807) is 19.2 Å². The van der Waals surface area contributed by atoms with E-state index in [0.29, 0.717) is 30.9 Å². The van der Waals surface area contributed by atoms with Gasteiger partial charge in [0.1, 0.15) is 0 Å². The van der Waals surface area contributed by atoms with Gasteiger partial charge in [-0.1, -0.05) is 41.9 Å². The first-order valence-electron chi connectivity index (χ1n) is 8.91. The summed E-state index contributed by atoms with van der Waals surface area (Å²) in [4.78, 5) is 35.7. The Hall–Kier alpha value is -3.10. The highest BCUT2D eigenvalue weighted by Gasteiger charge is 2.11. The topological polar surface area (TPSA) is 109 Å². The second-order valence-corrected chi connectivity index (χ2v) is 6.42. The Morgan fingerprint density at radius 1 is 1.03 bits per heavy atom. The van der Waals surface area contributed by atoms with Crippen LogP contribution in [-0.2, 0) is 16.1 Å². The number of rotatable bonds is 9. The standard InChI is InChI=1S/C20H23ClN4O4/c1-29-10-9-22-19(27)16-8-7-15(11-17(16)21)23-13-18(26)25-20(28)24-12-14-5-3-2-4-6-14/h2-8,11,23H,9-10,12-13H2,1H3,(H,22,27)(H2,24,25,26,28). The molecule has 0 heterocycles. The highest BCUT2D eigenvalue weighted by Crippen LogP contribution is 2.20. The number of amides is 4. The molecule has 4 N–H and O–H groups in total. The number of hydrogen-bond acceptors (Lipinski definition) is 5. The van der Waals surface area contributed by atoms with Gasteiger partial charge in [0.2, 0.25) is 5.91 Å². The monoisotopic (exact) mass is 418 g/mol. The summed E-state index contributed by atoms with van der Waals surface area (Å²) in [5.41, 5.74) is 1.79. The van der Waals surface area contributed by atoms with Crippen LogP contribution in [0.15, 0.2) is 48.5 Å². The van der Waals surface area contributed by atoms with Crippen LogP contribution >= 0.6 is 11.6 Å². The number of ether oxygens (including phenoxy) is 1. The van der Waals surface area contributed by atoms with E-state index in [1.807, 2.05) is 30.3 Å². The van der Waals surface area contributed by atoms with Crippen molar-refractivity contribution in [2.45, 2.75) is 6.54 Å². The third-order valence-electron chi connectivity index (χ3n) is 3.81. The van der Waals surface area contributed by atoms with Crippen molar-refractivity contribution < 1.29 is 19.1 Å². The fourth-order valence-electron chi connectivity index (χ4n) is 2.35. The summed E-state index contributed by atoms with van der Waals surface area (Å²) in [5, 5.41) is 10.6. The molecule has 0 aliphatic heterocycles. The first kappa shape index (κ1) is 22.2. The Bertz CT molecular complexity index is 846. The van der Waals surface area contributed by atoms with E-state index in [9.17, 15) is 14.4 Å². The molecule has 2 aromatic rings. The van der Waals surface area contributed by atoms with E-state index in [2.05, 4.69) is 21.3 Å². The quantitative estimate of drug-likeness (QED) is 0.467. The lowest BCUT2D eigenvalue weighted by Gasteiger charge is -2.10. The fraction of sp³-hybridized carbons (Fsp3) is 0.250. The molecule has 154 valence electrons. The second kappa shape index (κ2) is 11.7. The normalized spacial score (nSPS) is 10.1. The zero-order valence-electron chi connectivity index (χ0n) is 16.0. The zero-order valence-corrected chi connectivity index (χ0v) is 16.7. The number of methoxy groups -OCH3 is 1. The van der Waals surface area contributed by atoms with Crippen LogP contribution in [0.3, 0.4) is 0 Å². The van der Waals surface area contributed by atoms with Gasteiger partial charge >= 0.3 is 6.03 Å². The van der Waals surface area contributed by atoms with Crippen LogP contribution < -0.4 is 21.3 Å². The lowest BCUT2D eigenvalue weighted by Crippen LogP contribution is -2.41. The lowest BCUT2D eigenvalue weighted by molar-refractivity contribution is -0.118. The minimum Gasteiger partial charge on any atom is -0.383 e. The molecule has 0 spiro atoms. The summed E-state index contributed by atoms with van der Waals surface area (Å²) < 4.78 is 4.87. The van der Waals surface area contributed by atoms with Crippen molar-refractivity contribution in [2.75, 3.05) is 32.1 Å². The largest absolute Gasteiger partial charge is 0.383 e. The number of carbonyl (C=O) groups is 3. The van der Waals surface area contributed by atoms with Gasteiger partial charge in [-0.25, -0.2) is 4.79 Å². The summed E-state index contributed by atoms with van der Waals surface area (Å²) in [6.45, 7) is 0.959. The molecule has 0 aliphatic rings. The van der Waals surface area contributed by atoms with Crippen molar-refractivity contribution in [3.63, 3.8) is 0 Å². The van der Waals surface area contributed by atoms with Gasteiger partial charge in [0.05, 0.1) is 23.7 Å². The molecule has 0 aromatic heterocycles. The van der Waals surface area contributed by atoms with Gasteiger partial charge in [0.25, 0.3) is 5.91 Å². The summed E-state index contributed by atoms with van der Waals surface area (Å²) >= 11 is 6.14. The minimum atomic E-state index is -0.582. The van der Waals surface area contributed by atoms with E-state index in [1.165, 1.54) is 6.07 Å². The van der Waals surface area contributed by atoms with Crippen molar-refractivity contribution in [1.29, 1.82) is 0 Å². The number of urea groups is 1. The second-order valence-electron chi connectivity index (χ2n) is 6.01. The Labute approximate surface area is 174 Å². The van der Waals surface area contributed by atoms with Crippen molar-refractivity contribution >= 4 is 35.1 Å². The first-order valence-corrected chi connectivity index (χ1v) is 9.29. The predicted octanol–water partition coefficient (Wildman–Crippen LogP) is 2.15. The third kappa shape index (κ3) is 7.81. The first-order chi connectivity index (χ1) is 14.0. The Morgan fingerprint density at radius 2 is 1.79 bits per heavy atom. The number of carbonyl (C=O) groups excluding carboxylic acids is 3. The van der Waals surface area contributed by atoms with E-state index in [4.69, 9.17) is 16.3 Å². The van der Waals surface area contributed by atoms with Crippen LogP contribution in [-0.4, -0.2) is 44.7 Å². The molecule has 0 saturated heterocycles. The van der Waals surface area contributed by atoms with Crippen LogP contribution in [0.5, 0.6) is 0 Å². The summed E-state index contributed by atoms with van der Waals surface area (Å²) in [5.74, 6) is -0.820. The van der Waals surface area contributed by atoms with Crippen LogP contribution in [0.1, 0.15) is 15.9 Å². The highest BCUT2D eigenvalue weighted by atomic mass is 35.5. The number of hydrogen-bond donors (Lipinski definition) is 4. The average molecular weight is 419 g/mol. The fourth-order valence-corrected chi connectivity index (χ4v) is 2.61. The smallest absolute Gasteiger partial charge is 0.321 e. The van der Waals surface area contributed by atoms with Gasteiger partial charge in [0, 0.05) is 25.9 Å². The molecule has 0 fully saturated rings. The SMILES string of the molecule is COCCNC(=O)c1ccc(NCC(=O)NC(=O)NCc2ccccc2)cc1Cl. The van der Waals surface area contributed by atoms with Crippen molar-refractivity contribution in [3.8, 4) is 0 Å². The summed E-state index contributed by atoms with van der Waals surface area (Å²) in [6, 6.07) is 13.5. The van der Waals surface area contributed by atoms with E-state index >= 15 is 0 Å². The van der Waals surface area contributed by atoms with Crippen molar-refractivity contribution in [1.82, 2.24) is 16.0 Å². The molecular formula is C20H23ClN4O4. The molecule has 2 aromatic carbocycles. The summed E-state index contributed by atoms with van der Waals surface area (Å²) in [7, 11) is 1.54. The maximum Gasteiger partial charge on any atom is 0.321 e. The average Bonchev–Trinajstić information content (AvgIpc) is 2.71. The van der Waals surface area contributed by atoms with Gasteiger partial charge < -0.3 is 20.7 Å². The minimum absolute atomic E-state index is 0.130. The van der Waals surface area contributed by atoms with E-state index < -0.39 is 11.9 Å². The van der Waals surface area contributed by atoms with Gasteiger partial charge in [-0.15, -0.1) is 0 Å². The molecule has 29 heavy (non-hydrogen) atoms. The zero-order chi connectivity index (χ0) is 21.1. The number of imide groups is 1. The molecule has 8 nitrogen and oxygen atoms in total. The third-order valence-corrected chi connectivity index (χ3v) is 4.12. The van der Waals surface area contributed by atoms with Gasteiger partial charge in [-0.05, 0) is 23.8 Å². The number of halogens is 1. The molecule has 0 aliphatic carbocycles. The Morgan fingerprint density at radius 3 is 2.48 bits per heavy atom. The van der Waals surface area contributed by atoms with E-state index in [0.717, 1.165) is 5.56 Å². The van der Waals surface area contributed by atoms with E-state index in [-0.39, 0.29) is 17.5 Å². The number of anilines is 1. The maximum atomic E-state index is 12.0. The number of nitrogens with one attached hydrogen (secondary N) is 4. The van der Waals surface area contributed by atoms with Crippen LogP contribution in [0, 0.1) is 0 Å². The molecule has 9 heteroatoms. The van der Waals surface area contributed by atoms with Crippen LogP contribution in [0.25, 0.3) is 0 Å². The van der Waals surface area contributed by atoms with Gasteiger partial charge in [0.15, 0.2) is 0 Å². The highest BCUT2D eigenvalue weighted by molar-refractivity contribution is 6.34. The molecule has 0 saturated carbocycles. The lowest BCUT2D eigenvalue weighted by atomic mass is 10.2. The van der Waals surface area contributed by atoms with Crippen LogP contribution in [0.2, 0.25) is 5.02 Å². The Balaban J connectivity index is 1.77. The van der Waals surface area contributed by atoms with Gasteiger partial charge in [-0.3, -0.25) is 14.9 Å². The van der Waals surface area contributed by atoms with Crippen molar-refractivity contribution in [3.05, 3.63) is 64.7 Å². The number of benzene rings is 2. The molecule has 0 unspecified atom stereocenters. The molecule has 0 radical (unpaired) electrons. The van der Waals surface area contributed by atoms with Crippen molar-refractivity contribution in [2.24, 2.45) is 0 Å². The van der Waals surface area contributed by atoms with Gasteiger partial charge in [-0.2, -0.15) is 0 Å². The molecule has 2 rings (SSSR count). The molecular weight excluding hydrogens is 396 g/mol.